The fraction of sp³-hybridized carbons (Fsp3) is 0.118. The lowest BCUT2D eigenvalue weighted by Crippen LogP contribution is -2.26. The maximum atomic E-state index is 12.0. The highest BCUT2D eigenvalue weighted by Gasteiger charge is 2.17. The molecule has 0 saturated heterocycles. The summed E-state index contributed by atoms with van der Waals surface area (Å²) in [5.41, 5.74) is 0.837. The standard InChI is InChI=1S/C17H15N3O4/c1-23-12-4-2-3-11(9-12)5-8-15(21)18-14-7-6-13-17(19-14)20-16(22)10-24-13/h2-9H,10H2,1H3,(H2,18,19,20,21,22)/b8-5+. The molecule has 2 aromatic rings. The average Bonchev–Trinajstić information content (AvgIpc) is 2.60. The Hall–Kier alpha value is -3.35. The van der Waals surface area contributed by atoms with E-state index in [1.807, 2.05) is 24.3 Å². The first kappa shape index (κ1) is 15.5. The third-order valence-corrected chi connectivity index (χ3v) is 3.25. The number of aromatic nitrogens is 1. The molecule has 2 N–H and O–H groups in total. The largest absolute Gasteiger partial charge is 0.497 e. The third-order valence-electron chi connectivity index (χ3n) is 3.25. The number of nitrogens with one attached hydrogen (secondary N) is 2. The Labute approximate surface area is 138 Å². The molecule has 24 heavy (non-hydrogen) atoms. The van der Waals surface area contributed by atoms with Gasteiger partial charge in [0.05, 0.1) is 7.11 Å². The molecule has 3 rings (SSSR count). The van der Waals surface area contributed by atoms with Crippen LogP contribution in [0.1, 0.15) is 5.56 Å². The fourth-order valence-electron chi connectivity index (χ4n) is 2.12. The minimum atomic E-state index is -0.340. The Bertz CT molecular complexity index is 817. The number of fused-ring (bicyclic) bond motifs is 1. The Morgan fingerprint density at radius 1 is 1.38 bits per heavy atom. The van der Waals surface area contributed by atoms with Crippen LogP contribution in [-0.2, 0) is 9.59 Å². The number of benzene rings is 1. The number of methoxy groups -OCH3 is 1. The molecule has 0 fully saturated rings. The number of rotatable bonds is 4. The zero-order valence-corrected chi connectivity index (χ0v) is 12.9. The summed E-state index contributed by atoms with van der Waals surface area (Å²) in [6.07, 6.45) is 3.06. The van der Waals surface area contributed by atoms with E-state index in [2.05, 4.69) is 15.6 Å². The molecule has 0 atom stereocenters. The molecule has 1 aliphatic heterocycles. The molecule has 0 unspecified atom stereocenters. The van der Waals surface area contributed by atoms with Crippen LogP contribution in [0.2, 0.25) is 0 Å². The van der Waals surface area contributed by atoms with Crippen LogP contribution in [0.15, 0.2) is 42.5 Å². The molecule has 0 spiro atoms. The van der Waals surface area contributed by atoms with Gasteiger partial charge < -0.3 is 20.1 Å². The van der Waals surface area contributed by atoms with Crippen LogP contribution in [-0.4, -0.2) is 30.5 Å². The van der Waals surface area contributed by atoms with Crippen molar-refractivity contribution < 1.29 is 19.1 Å². The smallest absolute Gasteiger partial charge is 0.263 e. The van der Waals surface area contributed by atoms with Gasteiger partial charge in [0, 0.05) is 6.08 Å². The van der Waals surface area contributed by atoms with Gasteiger partial charge in [0.1, 0.15) is 11.6 Å². The van der Waals surface area contributed by atoms with Crippen molar-refractivity contribution in [3.63, 3.8) is 0 Å². The van der Waals surface area contributed by atoms with Crippen molar-refractivity contribution in [2.24, 2.45) is 0 Å². The number of carbonyl (C=O) groups excluding carboxylic acids is 2. The van der Waals surface area contributed by atoms with Crippen LogP contribution in [0.4, 0.5) is 11.6 Å². The second kappa shape index (κ2) is 6.82. The predicted molar refractivity (Wildman–Crippen MR) is 89.0 cm³/mol. The van der Waals surface area contributed by atoms with Crippen LogP contribution >= 0.6 is 0 Å². The van der Waals surface area contributed by atoms with Crippen LogP contribution in [0, 0.1) is 0 Å². The van der Waals surface area contributed by atoms with Gasteiger partial charge >= 0.3 is 0 Å². The lowest BCUT2D eigenvalue weighted by Gasteiger charge is -2.17. The number of carbonyl (C=O) groups is 2. The Morgan fingerprint density at radius 3 is 3.08 bits per heavy atom. The van der Waals surface area contributed by atoms with E-state index in [1.54, 1.807) is 25.3 Å². The lowest BCUT2D eigenvalue weighted by molar-refractivity contribution is -0.118. The quantitative estimate of drug-likeness (QED) is 0.840. The summed E-state index contributed by atoms with van der Waals surface area (Å²) in [5, 5.41) is 5.22. The van der Waals surface area contributed by atoms with Crippen molar-refractivity contribution in [2.75, 3.05) is 24.4 Å². The van der Waals surface area contributed by atoms with Crippen molar-refractivity contribution >= 4 is 29.5 Å². The van der Waals surface area contributed by atoms with Crippen molar-refractivity contribution in [1.29, 1.82) is 0 Å². The van der Waals surface area contributed by atoms with Crippen molar-refractivity contribution in [2.45, 2.75) is 0 Å². The molecule has 1 aliphatic rings. The van der Waals surface area contributed by atoms with Gasteiger partial charge in [-0.1, -0.05) is 12.1 Å². The van der Waals surface area contributed by atoms with Gasteiger partial charge in [-0.05, 0) is 35.9 Å². The van der Waals surface area contributed by atoms with E-state index in [0.29, 0.717) is 23.1 Å². The zero-order valence-electron chi connectivity index (χ0n) is 12.9. The van der Waals surface area contributed by atoms with Crippen LogP contribution < -0.4 is 20.1 Å². The molecule has 0 bridgehead atoms. The normalized spacial score (nSPS) is 13.0. The molecule has 7 heteroatoms. The number of anilines is 2. The van der Waals surface area contributed by atoms with Crippen LogP contribution in [0.5, 0.6) is 11.5 Å². The van der Waals surface area contributed by atoms with Crippen LogP contribution in [0.3, 0.4) is 0 Å². The molecule has 2 amide bonds. The lowest BCUT2D eigenvalue weighted by atomic mass is 10.2. The molecule has 2 heterocycles. The van der Waals surface area contributed by atoms with Crippen molar-refractivity contribution in [1.82, 2.24) is 4.98 Å². The zero-order chi connectivity index (χ0) is 16.9. The van der Waals surface area contributed by atoms with E-state index in [9.17, 15) is 9.59 Å². The van der Waals surface area contributed by atoms with Crippen molar-refractivity contribution in [3.8, 4) is 11.5 Å². The van der Waals surface area contributed by atoms with E-state index in [1.165, 1.54) is 6.08 Å². The van der Waals surface area contributed by atoms with Gasteiger partial charge in [-0.25, -0.2) is 4.98 Å². The van der Waals surface area contributed by atoms with Crippen LogP contribution in [0.25, 0.3) is 6.08 Å². The number of ether oxygens (including phenoxy) is 2. The summed E-state index contributed by atoms with van der Waals surface area (Å²) in [6.45, 7) is -0.0380. The molecule has 122 valence electrons. The first-order chi connectivity index (χ1) is 11.6. The minimum Gasteiger partial charge on any atom is -0.497 e. The van der Waals surface area contributed by atoms with E-state index >= 15 is 0 Å². The SMILES string of the molecule is COc1cccc(/C=C/C(=O)Nc2ccc3c(n2)NC(=O)CO3)c1. The van der Waals surface area contributed by atoms with Gasteiger partial charge in [-0.3, -0.25) is 9.59 Å². The molecule has 1 aromatic heterocycles. The fourth-order valence-corrected chi connectivity index (χ4v) is 2.12. The highest BCUT2D eigenvalue weighted by Crippen LogP contribution is 2.26. The molecule has 1 aromatic carbocycles. The second-order valence-corrected chi connectivity index (χ2v) is 4.98. The summed E-state index contributed by atoms with van der Waals surface area (Å²) in [7, 11) is 1.58. The molecule has 0 saturated carbocycles. The number of amides is 2. The number of nitrogens with zero attached hydrogens (tertiary/aromatic N) is 1. The maximum absolute atomic E-state index is 12.0. The Morgan fingerprint density at radius 2 is 2.25 bits per heavy atom. The Balaban J connectivity index is 1.67. The van der Waals surface area contributed by atoms with E-state index in [4.69, 9.17) is 9.47 Å². The maximum Gasteiger partial charge on any atom is 0.263 e. The van der Waals surface area contributed by atoms with E-state index in [0.717, 1.165) is 5.56 Å². The molecular weight excluding hydrogens is 310 g/mol. The van der Waals surface area contributed by atoms with Gasteiger partial charge in [0.2, 0.25) is 5.91 Å². The third kappa shape index (κ3) is 3.70. The summed E-state index contributed by atoms with van der Waals surface area (Å²) < 4.78 is 10.3. The second-order valence-electron chi connectivity index (χ2n) is 4.98. The van der Waals surface area contributed by atoms with Gasteiger partial charge in [-0.15, -0.1) is 0 Å². The average molecular weight is 325 g/mol. The summed E-state index contributed by atoms with van der Waals surface area (Å²) in [4.78, 5) is 27.4. The van der Waals surface area contributed by atoms with Gasteiger partial charge in [0.25, 0.3) is 5.91 Å². The number of hydrogen-bond donors (Lipinski definition) is 2. The topological polar surface area (TPSA) is 89.5 Å². The molecule has 7 nitrogen and oxygen atoms in total. The minimum absolute atomic E-state index is 0.0380. The number of hydrogen-bond acceptors (Lipinski definition) is 5. The summed E-state index contributed by atoms with van der Waals surface area (Å²) in [6, 6.07) is 10.6. The molecule has 0 radical (unpaired) electrons. The van der Waals surface area contributed by atoms with E-state index in [-0.39, 0.29) is 18.4 Å². The Kier molecular flexibility index (Phi) is 4.42. The first-order valence-corrected chi connectivity index (χ1v) is 7.21. The molecule has 0 aliphatic carbocycles. The number of pyridine rings is 1. The highest BCUT2D eigenvalue weighted by molar-refractivity contribution is 6.02. The highest BCUT2D eigenvalue weighted by atomic mass is 16.5. The van der Waals surface area contributed by atoms with Crippen molar-refractivity contribution in [3.05, 3.63) is 48.0 Å². The summed E-state index contributed by atoms with van der Waals surface area (Å²) >= 11 is 0. The summed E-state index contributed by atoms with van der Waals surface area (Å²) in [5.74, 6) is 1.18. The van der Waals surface area contributed by atoms with Gasteiger partial charge in [-0.2, -0.15) is 0 Å². The first-order valence-electron chi connectivity index (χ1n) is 7.21. The predicted octanol–water partition coefficient (Wildman–Crippen LogP) is 2.07. The monoisotopic (exact) mass is 325 g/mol. The van der Waals surface area contributed by atoms with E-state index < -0.39 is 0 Å². The van der Waals surface area contributed by atoms with Gasteiger partial charge in [0.15, 0.2) is 18.2 Å². The molecular formula is C17H15N3O4.